The van der Waals surface area contributed by atoms with Gasteiger partial charge >= 0.3 is 17.1 Å². The minimum Gasteiger partial charge on any atom is -0.401 e. The molecule has 3 atom stereocenters. The van der Waals surface area contributed by atoms with E-state index in [4.69, 9.17) is 4.74 Å². The Balaban J connectivity index is 3.96. The Labute approximate surface area is 209 Å². The summed E-state index contributed by atoms with van der Waals surface area (Å²) in [4.78, 5) is 70.3. The van der Waals surface area contributed by atoms with Crippen molar-refractivity contribution in [2.45, 2.75) is 116 Å². The van der Waals surface area contributed by atoms with Gasteiger partial charge in [0.1, 0.15) is 12.3 Å². The van der Waals surface area contributed by atoms with E-state index in [1.807, 2.05) is 20.8 Å². The molecule has 0 fully saturated rings. The molecule has 0 saturated heterocycles. The zero-order chi connectivity index (χ0) is 26.9. The van der Waals surface area contributed by atoms with E-state index in [9.17, 15) is 29.2 Å². The third-order valence-corrected chi connectivity index (χ3v) is 5.90. The second-order valence-electron chi connectivity index (χ2n) is 8.51. The number of carbonyl (C=O) groups excluding carboxylic acids is 2. The first-order chi connectivity index (χ1) is 17.4. The largest absolute Gasteiger partial charge is 0.401 e. The number of ether oxygens (including phenoxy) is 1. The summed E-state index contributed by atoms with van der Waals surface area (Å²) in [6.07, 6.45) is 7.60. The number of aromatic nitrogens is 3. The molecule has 0 N–H and O–H groups in total. The van der Waals surface area contributed by atoms with Crippen molar-refractivity contribution in [3.63, 3.8) is 0 Å². The standard InChI is InChI=1S/C24H36N6O6/c1-4-7-10-13-19(26-17-31)28-22(33)29(20(27-18-32)14-11-8-5-2)24(35)30(23(28)34)21(36-16-25)15-12-9-6-3/h19-21H,4-15H2,1-3H3. The van der Waals surface area contributed by atoms with Gasteiger partial charge in [0.15, 0.2) is 6.23 Å². The Morgan fingerprint density at radius 3 is 1.44 bits per heavy atom. The lowest BCUT2D eigenvalue weighted by Crippen LogP contribution is -2.57. The van der Waals surface area contributed by atoms with Crippen LogP contribution in [-0.2, 0) is 14.3 Å². The SMILES string of the molecule is CCCCCC(N=C=O)n1c(=O)n(C(CCCCC)N=C=O)c(=O)n(C(CCCCC)OC#N)c1=O. The van der Waals surface area contributed by atoms with Crippen molar-refractivity contribution in [2.24, 2.45) is 9.98 Å². The fraction of sp³-hybridized carbons (Fsp3) is 0.750. The maximum atomic E-state index is 13.5. The average molecular weight is 505 g/mol. The molecule has 0 spiro atoms. The smallest absolute Gasteiger partial charge is 0.341 e. The molecule has 1 aromatic rings. The third kappa shape index (κ3) is 8.29. The molecular formula is C24H36N6O6. The molecule has 1 rings (SSSR count). The van der Waals surface area contributed by atoms with Gasteiger partial charge in [-0.15, -0.1) is 0 Å². The van der Waals surface area contributed by atoms with Gasteiger partial charge in [-0.2, -0.15) is 15.2 Å². The maximum Gasteiger partial charge on any atom is 0.341 e. The quantitative estimate of drug-likeness (QED) is 0.128. The van der Waals surface area contributed by atoms with Gasteiger partial charge in [0.25, 0.3) is 6.26 Å². The first-order valence-electron chi connectivity index (χ1n) is 12.6. The van der Waals surface area contributed by atoms with E-state index in [1.165, 1.54) is 18.4 Å². The molecule has 0 radical (unpaired) electrons. The lowest BCUT2D eigenvalue weighted by molar-refractivity contribution is 0.0675. The van der Waals surface area contributed by atoms with Crippen LogP contribution < -0.4 is 17.1 Å². The van der Waals surface area contributed by atoms with E-state index in [0.29, 0.717) is 33.0 Å². The first-order valence-corrected chi connectivity index (χ1v) is 12.6. The summed E-state index contributed by atoms with van der Waals surface area (Å²) in [6.45, 7) is 5.90. The maximum absolute atomic E-state index is 13.5. The number of nitriles is 1. The van der Waals surface area contributed by atoms with E-state index in [1.54, 1.807) is 0 Å². The zero-order valence-electron chi connectivity index (χ0n) is 21.4. The minimum absolute atomic E-state index is 0.156. The summed E-state index contributed by atoms with van der Waals surface area (Å²) in [5, 5.41) is 9.20. The number of hydrogen-bond acceptors (Lipinski definition) is 9. The Hall–Kier alpha value is -3.54. The molecule has 1 heterocycles. The van der Waals surface area contributed by atoms with Gasteiger partial charge in [-0.25, -0.2) is 37.7 Å². The monoisotopic (exact) mass is 504 g/mol. The van der Waals surface area contributed by atoms with Gasteiger partial charge in [0, 0.05) is 6.42 Å². The van der Waals surface area contributed by atoms with Crippen LogP contribution in [0.15, 0.2) is 24.4 Å². The topological polar surface area (TPSA) is 158 Å². The molecule has 12 nitrogen and oxygen atoms in total. The van der Waals surface area contributed by atoms with Crippen molar-refractivity contribution >= 4 is 12.2 Å². The van der Waals surface area contributed by atoms with Crippen LogP contribution in [0.4, 0.5) is 0 Å². The van der Waals surface area contributed by atoms with Crippen LogP contribution in [0.2, 0.25) is 0 Å². The summed E-state index contributed by atoms with van der Waals surface area (Å²) in [7, 11) is 0. The van der Waals surface area contributed by atoms with E-state index in [-0.39, 0.29) is 19.3 Å². The average Bonchev–Trinajstić information content (AvgIpc) is 2.84. The van der Waals surface area contributed by atoms with Crippen molar-refractivity contribution in [1.82, 2.24) is 13.7 Å². The summed E-state index contributed by atoms with van der Waals surface area (Å²) in [6, 6.07) is 0. The number of hydrogen-bond donors (Lipinski definition) is 0. The molecule has 3 unspecified atom stereocenters. The molecule has 0 saturated carbocycles. The molecule has 198 valence electrons. The zero-order valence-corrected chi connectivity index (χ0v) is 21.4. The van der Waals surface area contributed by atoms with Gasteiger partial charge in [-0.1, -0.05) is 59.3 Å². The summed E-state index contributed by atoms with van der Waals surface area (Å²) in [5.41, 5.74) is -3.16. The molecular weight excluding hydrogens is 468 g/mol. The highest BCUT2D eigenvalue weighted by molar-refractivity contribution is 5.33. The highest BCUT2D eigenvalue weighted by Gasteiger charge is 2.29. The molecule has 1 aromatic heterocycles. The molecule has 0 aliphatic heterocycles. The molecule has 12 heteroatoms. The van der Waals surface area contributed by atoms with Gasteiger partial charge in [-0.3, -0.25) is 0 Å². The van der Waals surface area contributed by atoms with E-state index < -0.39 is 35.6 Å². The summed E-state index contributed by atoms with van der Waals surface area (Å²) >= 11 is 0. The van der Waals surface area contributed by atoms with Crippen molar-refractivity contribution in [3.05, 3.63) is 31.5 Å². The predicted octanol–water partition coefficient (Wildman–Crippen LogP) is 3.58. The predicted molar refractivity (Wildman–Crippen MR) is 132 cm³/mol. The van der Waals surface area contributed by atoms with Crippen LogP contribution in [0.3, 0.4) is 0 Å². The highest BCUT2D eigenvalue weighted by Crippen LogP contribution is 2.19. The van der Waals surface area contributed by atoms with Crippen LogP contribution in [-0.4, -0.2) is 25.9 Å². The van der Waals surface area contributed by atoms with Gasteiger partial charge in [0.2, 0.25) is 12.2 Å². The Morgan fingerprint density at radius 2 is 1.08 bits per heavy atom. The number of nitrogens with zero attached hydrogens (tertiary/aromatic N) is 6. The third-order valence-electron chi connectivity index (χ3n) is 5.90. The molecule has 0 aliphatic carbocycles. The number of unbranched alkanes of at least 4 members (excludes halogenated alkanes) is 6. The van der Waals surface area contributed by atoms with Crippen molar-refractivity contribution < 1.29 is 14.3 Å². The molecule has 0 amide bonds. The van der Waals surface area contributed by atoms with Crippen LogP contribution in [0.1, 0.15) is 116 Å². The van der Waals surface area contributed by atoms with E-state index in [2.05, 4.69) is 9.98 Å². The number of isocyanates is 2. The Morgan fingerprint density at radius 1 is 0.694 bits per heavy atom. The lowest BCUT2D eigenvalue weighted by atomic mass is 10.1. The van der Waals surface area contributed by atoms with Gasteiger partial charge in [-0.05, 0) is 32.1 Å². The normalized spacial score (nSPS) is 13.1. The summed E-state index contributed by atoms with van der Waals surface area (Å²) in [5.74, 6) is 0. The van der Waals surface area contributed by atoms with E-state index in [0.717, 1.165) is 38.5 Å². The fourth-order valence-electron chi connectivity index (χ4n) is 4.00. The first kappa shape index (κ1) is 30.5. The molecule has 0 aromatic carbocycles. The highest BCUT2D eigenvalue weighted by atomic mass is 16.5. The second-order valence-corrected chi connectivity index (χ2v) is 8.51. The molecule has 36 heavy (non-hydrogen) atoms. The van der Waals surface area contributed by atoms with Crippen LogP contribution in [0.25, 0.3) is 0 Å². The van der Waals surface area contributed by atoms with Gasteiger partial charge < -0.3 is 4.74 Å². The Bertz CT molecular complexity index is 1060. The number of rotatable bonds is 18. The fourth-order valence-corrected chi connectivity index (χ4v) is 4.00. The molecule has 0 bridgehead atoms. The molecule has 0 aliphatic rings. The summed E-state index contributed by atoms with van der Waals surface area (Å²) < 4.78 is 7.16. The number of aliphatic imine (C=N–C) groups is 2. The van der Waals surface area contributed by atoms with E-state index >= 15 is 0 Å². The van der Waals surface area contributed by atoms with Crippen LogP contribution in [0.5, 0.6) is 0 Å². The Kier molecular flexibility index (Phi) is 14.4. The van der Waals surface area contributed by atoms with Crippen molar-refractivity contribution in [2.75, 3.05) is 0 Å². The van der Waals surface area contributed by atoms with Crippen LogP contribution in [0, 0.1) is 11.5 Å². The van der Waals surface area contributed by atoms with Crippen LogP contribution >= 0.6 is 0 Å². The minimum atomic E-state index is -1.28. The van der Waals surface area contributed by atoms with Crippen molar-refractivity contribution in [1.29, 1.82) is 5.26 Å². The van der Waals surface area contributed by atoms with Crippen molar-refractivity contribution in [3.8, 4) is 6.26 Å². The second kappa shape index (κ2) is 17.0. The lowest BCUT2D eigenvalue weighted by Gasteiger charge is -2.23. The van der Waals surface area contributed by atoms with Gasteiger partial charge in [0.05, 0.1) is 0 Å².